The molecule has 0 aromatic heterocycles. The molecule has 2 aliphatic rings. The first kappa shape index (κ1) is 14.7. The number of allylic oxidation sites excluding steroid dienone is 4. The molecule has 0 spiro atoms. The second-order valence-electron chi connectivity index (χ2n) is 5.05. The summed E-state index contributed by atoms with van der Waals surface area (Å²) in [6.07, 6.45) is 9.89. The molecule has 1 aromatic carbocycles. The first-order valence-electron chi connectivity index (χ1n) is 6.78. The number of rotatable bonds is 3. The zero-order valence-electron chi connectivity index (χ0n) is 11.1. The van der Waals surface area contributed by atoms with E-state index in [-0.39, 0.29) is 9.90 Å². The summed E-state index contributed by atoms with van der Waals surface area (Å²) >= 11 is 7.18. The summed E-state index contributed by atoms with van der Waals surface area (Å²) in [7, 11) is 0. The fourth-order valence-corrected chi connectivity index (χ4v) is 6.23. The molecule has 0 nitrogen and oxygen atoms in total. The maximum absolute atomic E-state index is 13.9. The first-order chi connectivity index (χ1) is 9.70. The van der Waals surface area contributed by atoms with Crippen molar-refractivity contribution in [3.8, 4) is 0 Å². The molecule has 20 heavy (non-hydrogen) atoms. The Hall–Kier alpha value is -0.190. The Balaban J connectivity index is 1.92. The van der Waals surface area contributed by atoms with Crippen LogP contribution in [0.25, 0.3) is 0 Å². The van der Waals surface area contributed by atoms with Gasteiger partial charge in [-0.2, -0.15) is 0 Å². The van der Waals surface area contributed by atoms with Gasteiger partial charge < -0.3 is 0 Å². The summed E-state index contributed by atoms with van der Waals surface area (Å²) in [5.74, 6) is 2.13. The first-order valence-corrected chi connectivity index (χ1v) is 9.54. The largest absolute Gasteiger partial charge is 0.206 e. The smallest absolute Gasteiger partial charge is 0.137 e. The van der Waals surface area contributed by atoms with E-state index < -0.39 is 0 Å². The molecule has 1 aliphatic carbocycles. The molecule has 106 valence electrons. The van der Waals surface area contributed by atoms with Crippen molar-refractivity contribution in [2.75, 3.05) is 11.5 Å². The highest BCUT2D eigenvalue weighted by Crippen LogP contribution is 2.56. The third kappa shape index (κ3) is 3.02. The van der Waals surface area contributed by atoms with Gasteiger partial charge in [-0.3, -0.25) is 0 Å². The van der Waals surface area contributed by atoms with Gasteiger partial charge in [0.05, 0.1) is 8.55 Å². The Labute approximate surface area is 136 Å². The van der Waals surface area contributed by atoms with Crippen molar-refractivity contribution < 1.29 is 4.39 Å². The highest BCUT2D eigenvalue weighted by atomic mass is 79.9. The molecule has 3 rings (SSSR count). The molecule has 1 saturated heterocycles. The third-order valence-electron chi connectivity index (χ3n) is 3.67. The second-order valence-corrected chi connectivity index (χ2v) is 8.95. The van der Waals surface area contributed by atoms with E-state index in [1.165, 1.54) is 5.57 Å². The maximum atomic E-state index is 13.9. The zero-order valence-corrected chi connectivity index (χ0v) is 14.3. The van der Waals surface area contributed by atoms with Crippen LogP contribution in [0.2, 0.25) is 0 Å². The fraction of sp³-hybridized carbons (Fsp3) is 0.375. The standard InChI is InChI=1S/C16H16BrFS2/c17-14-7-6-13(10-15(14)18)16(19-8-9-20-16)11-12-4-2-1-3-5-12/h1-2,4,6-7,10H,3,5,8-9,11H2. The number of benzene rings is 1. The van der Waals surface area contributed by atoms with Crippen LogP contribution in [0.4, 0.5) is 4.39 Å². The Bertz CT molecular complexity index is 560. The van der Waals surface area contributed by atoms with Crippen LogP contribution in [0, 0.1) is 5.82 Å². The lowest BCUT2D eigenvalue weighted by molar-refractivity contribution is 0.617. The molecule has 0 unspecified atom stereocenters. The number of hydrogen-bond acceptors (Lipinski definition) is 2. The molecule has 0 bridgehead atoms. The van der Waals surface area contributed by atoms with Crippen LogP contribution in [-0.4, -0.2) is 11.5 Å². The van der Waals surface area contributed by atoms with Crippen LogP contribution in [0.1, 0.15) is 24.8 Å². The van der Waals surface area contributed by atoms with E-state index >= 15 is 0 Å². The topological polar surface area (TPSA) is 0 Å². The van der Waals surface area contributed by atoms with E-state index in [2.05, 4.69) is 40.2 Å². The van der Waals surface area contributed by atoms with E-state index in [9.17, 15) is 4.39 Å². The van der Waals surface area contributed by atoms with Crippen molar-refractivity contribution in [1.82, 2.24) is 0 Å². The van der Waals surface area contributed by atoms with Gasteiger partial charge >= 0.3 is 0 Å². The highest BCUT2D eigenvalue weighted by molar-refractivity contribution is 9.10. The molecule has 1 aromatic rings. The summed E-state index contributed by atoms with van der Waals surface area (Å²) < 4.78 is 14.4. The van der Waals surface area contributed by atoms with E-state index in [0.717, 1.165) is 36.3 Å². The minimum Gasteiger partial charge on any atom is -0.206 e. The van der Waals surface area contributed by atoms with Crippen LogP contribution in [0.15, 0.2) is 46.5 Å². The van der Waals surface area contributed by atoms with Gasteiger partial charge in [-0.25, -0.2) is 4.39 Å². The molecule has 4 heteroatoms. The van der Waals surface area contributed by atoms with Gasteiger partial charge in [0.15, 0.2) is 0 Å². The summed E-state index contributed by atoms with van der Waals surface area (Å²) in [5, 5.41) is 0. The van der Waals surface area contributed by atoms with Crippen molar-refractivity contribution in [3.63, 3.8) is 0 Å². The molecule has 0 saturated carbocycles. The van der Waals surface area contributed by atoms with Gasteiger partial charge in [0.2, 0.25) is 0 Å². The SMILES string of the molecule is Fc1cc(C2(CC3=CC=CCC3)SCCS2)ccc1Br. The predicted molar refractivity (Wildman–Crippen MR) is 91.8 cm³/mol. The van der Waals surface area contributed by atoms with Crippen molar-refractivity contribution in [1.29, 1.82) is 0 Å². The number of halogens is 2. The fourth-order valence-electron chi connectivity index (χ4n) is 2.66. The van der Waals surface area contributed by atoms with Crippen LogP contribution >= 0.6 is 39.5 Å². The molecular weight excluding hydrogens is 355 g/mol. The predicted octanol–water partition coefficient (Wildman–Crippen LogP) is 5.89. The molecule has 0 atom stereocenters. The van der Waals surface area contributed by atoms with Crippen LogP contribution in [-0.2, 0) is 4.08 Å². The van der Waals surface area contributed by atoms with Crippen molar-refractivity contribution >= 4 is 39.5 Å². The van der Waals surface area contributed by atoms with Gasteiger partial charge in [-0.1, -0.05) is 29.9 Å². The van der Waals surface area contributed by atoms with Crippen molar-refractivity contribution in [2.45, 2.75) is 23.3 Å². The monoisotopic (exact) mass is 370 g/mol. The van der Waals surface area contributed by atoms with Crippen LogP contribution < -0.4 is 0 Å². The molecule has 1 aliphatic heterocycles. The van der Waals surface area contributed by atoms with Gasteiger partial charge in [-0.05, 0) is 52.9 Å². The quantitative estimate of drug-likeness (QED) is 0.650. The normalized spacial score (nSPS) is 21.0. The Morgan fingerprint density at radius 3 is 2.70 bits per heavy atom. The lowest BCUT2D eigenvalue weighted by atomic mass is 9.97. The number of hydrogen-bond donors (Lipinski definition) is 0. The minimum absolute atomic E-state index is 0.00144. The molecule has 0 radical (unpaired) electrons. The van der Waals surface area contributed by atoms with E-state index in [1.54, 1.807) is 6.07 Å². The van der Waals surface area contributed by atoms with E-state index in [1.807, 2.05) is 29.6 Å². The zero-order chi connectivity index (χ0) is 14.0. The Kier molecular flexibility index (Phi) is 4.63. The maximum Gasteiger partial charge on any atom is 0.137 e. The summed E-state index contributed by atoms with van der Waals surface area (Å²) in [5.41, 5.74) is 2.60. The average Bonchev–Trinajstić information content (AvgIpc) is 2.93. The highest BCUT2D eigenvalue weighted by Gasteiger charge is 2.38. The lowest BCUT2D eigenvalue weighted by Gasteiger charge is -2.30. The number of thioether (sulfide) groups is 2. The molecule has 1 fully saturated rings. The van der Waals surface area contributed by atoms with E-state index in [0.29, 0.717) is 4.47 Å². The average molecular weight is 371 g/mol. The molecule has 1 heterocycles. The summed E-state index contributed by atoms with van der Waals surface area (Å²) in [6, 6.07) is 5.60. The Morgan fingerprint density at radius 1 is 1.25 bits per heavy atom. The van der Waals surface area contributed by atoms with Crippen molar-refractivity contribution in [2.24, 2.45) is 0 Å². The third-order valence-corrected chi connectivity index (χ3v) is 7.79. The van der Waals surface area contributed by atoms with Gasteiger partial charge in [0.25, 0.3) is 0 Å². The summed E-state index contributed by atoms with van der Waals surface area (Å²) in [4.78, 5) is 0. The molecular formula is C16H16BrFS2. The molecule has 0 amide bonds. The summed E-state index contributed by atoms with van der Waals surface area (Å²) in [6.45, 7) is 0. The minimum atomic E-state index is -0.160. The molecule has 0 N–H and O–H groups in total. The van der Waals surface area contributed by atoms with Gasteiger partial charge in [0.1, 0.15) is 5.82 Å². The lowest BCUT2D eigenvalue weighted by Crippen LogP contribution is -2.16. The second kappa shape index (κ2) is 6.29. The Morgan fingerprint density at radius 2 is 2.05 bits per heavy atom. The van der Waals surface area contributed by atoms with Crippen LogP contribution in [0.5, 0.6) is 0 Å². The van der Waals surface area contributed by atoms with E-state index in [4.69, 9.17) is 0 Å². The van der Waals surface area contributed by atoms with Crippen molar-refractivity contribution in [3.05, 3.63) is 57.9 Å². The van der Waals surface area contributed by atoms with Gasteiger partial charge in [0, 0.05) is 11.5 Å². The van der Waals surface area contributed by atoms with Crippen LogP contribution in [0.3, 0.4) is 0 Å². The van der Waals surface area contributed by atoms with Gasteiger partial charge in [-0.15, -0.1) is 23.5 Å².